The van der Waals surface area contributed by atoms with Gasteiger partial charge in [0.2, 0.25) is 5.95 Å². The molecule has 0 bridgehead atoms. The second-order valence-corrected chi connectivity index (χ2v) is 4.31. The Labute approximate surface area is 107 Å². The van der Waals surface area contributed by atoms with E-state index in [4.69, 9.17) is 5.73 Å². The molecule has 2 N–H and O–H groups in total. The molecular formula is C12H11F2N5. The van der Waals surface area contributed by atoms with E-state index >= 15 is 0 Å². The summed E-state index contributed by atoms with van der Waals surface area (Å²) in [6.07, 6.45) is 1.68. The molecule has 0 aliphatic heterocycles. The van der Waals surface area contributed by atoms with Crippen LogP contribution in [0.3, 0.4) is 0 Å². The maximum absolute atomic E-state index is 14.0. The number of aromatic nitrogens is 4. The van der Waals surface area contributed by atoms with E-state index in [1.54, 1.807) is 24.9 Å². The van der Waals surface area contributed by atoms with Crippen molar-refractivity contribution in [2.24, 2.45) is 7.05 Å². The average Bonchev–Trinajstić information content (AvgIpc) is 2.84. The second kappa shape index (κ2) is 3.78. The lowest BCUT2D eigenvalue weighted by atomic mass is 10.3. The van der Waals surface area contributed by atoms with Crippen LogP contribution in [0.4, 0.5) is 14.7 Å². The number of halogens is 2. The molecule has 2 aromatic heterocycles. The van der Waals surface area contributed by atoms with Crippen molar-refractivity contribution in [3.8, 4) is 5.69 Å². The zero-order valence-electron chi connectivity index (χ0n) is 10.4. The number of hydrogen-bond acceptors (Lipinski definition) is 3. The highest BCUT2D eigenvalue weighted by Crippen LogP contribution is 2.27. The molecule has 0 aliphatic carbocycles. The van der Waals surface area contributed by atoms with E-state index < -0.39 is 11.6 Å². The maximum Gasteiger partial charge on any atom is 0.206 e. The number of nitrogen functional groups attached to an aromatic ring is 1. The first-order valence-electron chi connectivity index (χ1n) is 5.61. The van der Waals surface area contributed by atoms with Gasteiger partial charge in [0.1, 0.15) is 5.52 Å². The number of imidazole rings is 1. The summed E-state index contributed by atoms with van der Waals surface area (Å²) >= 11 is 0. The molecule has 1 aromatic carbocycles. The Morgan fingerprint density at radius 2 is 2.00 bits per heavy atom. The van der Waals surface area contributed by atoms with Gasteiger partial charge in [-0.05, 0) is 19.1 Å². The molecule has 0 aliphatic rings. The number of aryl methyl sites for hydroxylation is 2. The molecule has 0 amide bonds. The molecule has 19 heavy (non-hydrogen) atoms. The van der Waals surface area contributed by atoms with Gasteiger partial charge >= 0.3 is 0 Å². The van der Waals surface area contributed by atoms with Crippen molar-refractivity contribution in [1.29, 1.82) is 0 Å². The largest absolute Gasteiger partial charge is 0.369 e. The van der Waals surface area contributed by atoms with Gasteiger partial charge in [0, 0.05) is 13.2 Å². The molecule has 0 fully saturated rings. The van der Waals surface area contributed by atoms with Gasteiger partial charge in [-0.15, -0.1) is 0 Å². The highest BCUT2D eigenvalue weighted by atomic mass is 19.2. The topological polar surface area (TPSA) is 61.7 Å². The third-order valence-corrected chi connectivity index (χ3v) is 2.96. The Bertz CT molecular complexity index is 787. The van der Waals surface area contributed by atoms with Gasteiger partial charge in [-0.1, -0.05) is 0 Å². The number of benzene rings is 1. The zero-order chi connectivity index (χ0) is 13.7. The van der Waals surface area contributed by atoms with Gasteiger partial charge in [0.25, 0.3) is 0 Å². The van der Waals surface area contributed by atoms with Crippen LogP contribution in [-0.2, 0) is 7.05 Å². The summed E-state index contributed by atoms with van der Waals surface area (Å²) in [5.74, 6) is -1.81. The van der Waals surface area contributed by atoms with Crippen molar-refractivity contribution in [1.82, 2.24) is 19.3 Å². The van der Waals surface area contributed by atoms with Crippen molar-refractivity contribution in [2.75, 3.05) is 5.73 Å². The Morgan fingerprint density at radius 3 is 2.63 bits per heavy atom. The van der Waals surface area contributed by atoms with E-state index in [1.807, 2.05) is 0 Å². The van der Waals surface area contributed by atoms with Crippen molar-refractivity contribution in [3.05, 3.63) is 35.7 Å². The molecule has 0 saturated carbocycles. The predicted molar refractivity (Wildman–Crippen MR) is 66.9 cm³/mol. The van der Waals surface area contributed by atoms with Crippen LogP contribution >= 0.6 is 0 Å². The Hall–Kier alpha value is -2.44. The summed E-state index contributed by atoms with van der Waals surface area (Å²) in [6.45, 7) is 1.76. The van der Waals surface area contributed by atoms with Crippen molar-refractivity contribution in [3.63, 3.8) is 0 Å². The molecule has 7 heteroatoms. The molecule has 98 valence electrons. The molecular weight excluding hydrogens is 252 g/mol. The average molecular weight is 263 g/mol. The normalized spacial score (nSPS) is 11.4. The lowest BCUT2D eigenvalue weighted by Crippen LogP contribution is -2.02. The highest BCUT2D eigenvalue weighted by Gasteiger charge is 2.19. The molecule has 5 nitrogen and oxygen atoms in total. The fraction of sp³-hybridized carbons (Fsp3) is 0.167. The maximum atomic E-state index is 14.0. The monoisotopic (exact) mass is 263 g/mol. The van der Waals surface area contributed by atoms with Gasteiger partial charge in [0.05, 0.1) is 16.9 Å². The Kier molecular flexibility index (Phi) is 2.31. The first-order valence-corrected chi connectivity index (χ1v) is 5.61. The summed E-state index contributed by atoms with van der Waals surface area (Å²) in [5, 5.41) is 4.16. The minimum atomic E-state index is -0.968. The smallest absolute Gasteiger partial charge is 0.206 e. The number of nitrogens with zero attached hydrogens (tertiary/aromatic N) is 4. The molecule has 0 atom stereocenters. The van der Waals surface area contributed by atoms with E-state index in [-0.39, 0.29) is 11.5 Å². The molecule has 0 radical (unpaired) electrons. The highest BCUT2D eigenvalue weighted by molar-refractivity contribution is 5.81. The zero-order valence-corrected chi connectivity index (χ0v) is 10.4. The van der Waals surface area contributed by atoms with Crippen LogP contribution < -0.4 is 5.73 Å². The lowest BCUT2D eigenvalue weighted by molar-refractivity contribution is 0.514. The van der Waals surface area contributed by atoms with Gasteiger partial charge in [0.15, 0.2) is 11.6 Å². The van der Waals surface area contributed by atoms with Gasteiger partial charge in [-0.2, -0.15) is 5.10 Å². The minimum absolute atomic E-state index is 0.0219. The summed E-state index contributed by atoms with van der Waals surface area (Å²) in [5.41, 5.74) is 7.36. The molecule has 0 unspecified atom stereocenters. The van der Waals surface area contributed by atoms with Crippen molar-refractivity contribution < 1.29 is 8.78 Å². The van der Waals surface area contributed by atoms with Crippen molar-refractivity contribution in [2.45, 2.75) is 6.92 Å². The van der Waals surface area contributed by atoms with Crippen LogP contribution in [0.2, 0.25) is 0 Å². The minimum Gasteiger partial charge on any atom is -0.369 e. The van der Waals surface area contributed by atoms with Crippen LogP contribution in [0.5, 0.6) is 0 Å². The first-order chi connectivity index (χ1) is 8.99. The van der Waals surface area contributed by atoms with Gasteiger partial charge in [-0.25, -0.2) is 13.8 Å². The quantitative estimate of drug-likeness (QED) is 0.729. The molecule has 2 heterocycles. The number of rotatable bonds is 1. The third kappa shape index (κ3) is 1.58. The Morgan fingerprint density at radius 1 is 1.26 bits per heavy atom. The fourth-order valence-corrected chi connectivity index (χ4v) is 2.17. The molecule has 3 aromatic rings. The number of anilines is 1. The molecule has 0 spiro atoms. The van der Waals surface area contributed by atoms with Crippen LogP contribution in [0, 0.1) is 18.6 Å². The van der Waals surface area contributed by atoms with Crippen molar-refractivity contribution >= 4 is 17.0 Å². The molecule has 3 rings (SSSR count). The van der Waals surface area contributed by atoms with Crippen LogP contribution in [0.1, 0.15) is 5.69 Å². The van der Waals surface area contributed by atoms with Crippen LogP contribution in [0.15, 0.2) is 18.3 Å². The lowest BCUT2D eigenvalue weighted by Gasteiger charge is -2.05. The fourth-order valence-electron chi connectivity index (χ4n) is 2.17. The van der Waals surface area contributed by atoms with Crippen LogP contribution in [0.25, 0.3) is 16.7 Å². The Balaban J connectivity index is 2.44. The second-order valence-electron chi connectivity index (χ2n) is 4.31. The van der Waals surface area contributed by atoms with E-state index in [0.29, 0.717) is 16.9 Å². The summed E-state index contributed by atoms with van der Waals surface area (Å²) in [7, 11) is 1.74. The summed E-state index contributed by atoms with van der Waals surface area (Å²) in [4.78, 5) is 4.04. The number of fused-ring (bicyclic) bond motifs is 1. The van der Waals surface area contributed by atoms with Gasteiger partial charge < -0.3 is 5.73 Å². The molecule has 0 saturated heterocycles. The van der Waals surface area contributed by atoms with E-state index in [1.165, 1.54) is 10.6 Å². The van der Waals surface area contributed by atoms with Crippen LogP contribution in [-0.4, -0.2) is 19.3 Å². The predicted octanol–water partition coefficient (Wildman–Crippen LogP) is 1.93. The summed E-state index contributed by atoms with van der Waals surface area (Å²) in [6, 6.07) is 2.43. The first kappa shape index (κ1) is 11.6. The standard InChI is InChI=1S/C12H11F2N5/c1-6-9(5-18(2)17-6)19-11-8(16-12(19)15)4-3-7(13)10(11)14/h3-5H,1-2H3,(H2,15,16). The number of hydrogen-bond donors (Lipinski definition) is 1. The summed E-state index contributed by atoms with van der Waals surface area (Å²) < 4.78 is 30.3. The van der Waals surface area contributed by atoms with Gasteiger partial charge in [-0.3, -0.25) is 9.25 Å². The van der Waals surface area contributed by atoms with E-state index in [2.05, 4.69) is 10.1 Å². The number of nitrogens with two attached hydrogens (primary N) is 1. The third-order valence-electron chi connectivity index (χ3n) is 2.96. The van der Waals surface area contributed by atoms with E-state index in [0.717, 1.165) is 6.07 Å². The SMILES string of the molecule is Cc1nn(C)cc1-n1c(N)nc2ccc(F)c(F)c21. The van der Waals surface area contributed by atoms with E-state index in [9.17, 15) is 8.78 Å².